The number of nitrogens with zero attached hydrogens (tertiary/aromatic N) is 3. The molecule has 0 unspecified atom stereocenters. The third-order valence-electron chi connectivity index (χ3n) is 3.68. The molecule has 8 nitrogen and oxygen atoms in total. The molecule has 134 valence electrons. The van der Waals surface area contributed by atoms with Crippen molar-refractivity contribution in [2.75, 3.05) is 16.8 Å². The normalized spacial score (nSPS) is 10.0. The minimum atomic E-state index is -0.570. The quantitative estimate of drug-likeness (QED) is 0.649. The summed E-state index contributed by atoms with van der Waals surface area (Å²) in [5.41, 5.74) is 13.9. The molecular formula is C19H16N6O2. The summed E-state index contributed by atoms with van der Waals surface area (Å²) in [5, 5.41) is 11.9. The Bertz CT molecular complexity index is 997. The fourth-order valence-electron chi connectivity index (χ4n) is 2.40. The van der Waals surface area contributed by atoms with Crippen molar-refractivity contribution in [3.05, 3.63) is 65.7 Å². The molecule has 0 aliphatic rings. The van der Waals surface area contributed by atoms with E-state index in [1.807, 2.05) is 36.4 Å². The number of hydrogen-bond acceptors (Lipinski definition) is 7. The minimum Gasteiger partial charge on any atom is -0.444 e. The van der Waals surface area contributed by atoms with Crippen LogP contribution in [-0.2, 0) is 11.3 Å². The maximum atomic E-state index is 11.9. The molecule has 0 bridgehead atoms. The highest BCUT2D eigenvalue weighted by Gasteiger charge is 2.13. The summed E-state index contributed by atoms with van der Waals surface area (Å²) in [7, 11) is 0. The van der Waals surface area contributed by atoms with Crippen LogP contribution >= 0.6 is 0 Å². The number of benzene rings is 2. The molecular weight excluding hydrogens is 344 g/mol. The van der Waals surface area contributed by atoms with Crippen molar-refractivity contribution in [3.63, 3.8) is 0 Å². The zero-order valence-electron chi connectivity index (χ0n) is 14.2. The van der Waals surface area contributed by atoms with E-state index in [0.717, 1.165) is 5.56 Å². The third-order valence-corrected chi connectivity index (χ3v) is 3.68. The van der Waals surface area contributed by atoms with Gasteiger partial charge in [-0.3, -0.25) is 5.32 Å². The molecule has 1 heterocycles. The Kier molecular flexibility index (Phi) is 5.14. The molecule has 0 aliphatic heterocycles. The van der Waals surface area contributed by atoms with Gasteiger partial charge in [-0.25, -0.2) is 9.78 Å². The lowest BCUT2D eigenvalue weighted by atomic mass is 10.1. The Morgan fingerprint density at radius 3 is 2.44 bits per heavy atom. The summed E-state index contributed by atoms with van der Waals surface area (Å²) in [4.78, 5) is 19.8. The summed E-state index contributed by atoms with van der Waals surface area (Å²) in [5.74, 6) is -0.000109. The van der Waals surface area contributed by atoms with E-state index >= 15 is 0 Å². The second-order valence-electron chi connectivity index (χ2n) is 5.57. The molecule has 0 atom stereocenters. The number of nitrogen functional groups attached to an aromatic ring is 2. The summed E-state index contributed by atoms with van der Waals surface area (Å²) >= 11 is 0. The van der Waals surface area contributed by atoms with Gasteiger partial charge in [-0.2, -0.15) is 10.2 Å². The second-order valence-corrected chi connectivity index (χ2v) is 5.57. The summed E-state index contributed by atoms with van der Waals surface area (Å²) in [6.45, 7) is 0.176. The molecule has 2 aromatic carbocycles. The first-order valence-corrected chi connectivity index (χ1v) is 7.98. The molecule has 0 saturated heterocycles. The molecule has 0 spiro atoms. The van der Waals surface area contributed by atoms with Crippen molar-refractivity contribution in [2.24, 2.45) is 0 Å². The van der Waals surface area contributed by atoms with Crippen molar-refractivity contribution in [3.8, 4) is 17.3 Å². The van der Waals surface area contributed by atoms with Gasteiger partial charge < -0.3 is 16.2 Å². The highest BCUT2D eigenvalue weighted by Crippen LogP contribution is 2.26. The highest BCUT2D eigenvalue weighted by molar-refractivity contribution is 5.85. The van der Waals surface area contributed by atoms with Crippen LogP contribution in [0.3, 0.4) is 0 Å². The average molecular weight is 360 g/mol. The van der Waals surface area contributed by atoms with Crippen molar-refractivity contribution >= 4 is 23.5 Å². The summed E-state index contributed by atoms with van der Waals surface area (Å²) in [6.07, 6.45) is -0.570. The number of nitrogens with two attached hydrogens (primary N) is 2. The molecule has 3 aromatic rings. The Morgan fingerprint density at radius 2 is 1.78 bits per heavy atom. The number of rotatable bonds is 4. The number of amides is 1. The van der Waals surface area contributed by atoms with Crippen LogP contribution in [0.5, 0.6) is 0 Å². The zero-order chi connectivity index (χ0) is 19.2. The summed E-state index contributed by atoms with van der Waals surface area (Å²) in [6, 6.07) is 18.0. The van der Waals surface area contributed by atoms with Gasteiger partial charge in [0.1, 0.15) is 24.1 Å². The van der Waals surface area contributed by atoms with E-state index in [-0.39, 0.29) is 23.9 Å². The second kappa shape index (κ2) is 7.84. The lowest BCUT2D eigenvalue weighted by Crippen LogP contribution is -2.13. The van der Waals surface area contributed by atoms with Gasteiger partial charge >= 0.3 is 6.09 Å². The van der Waals surface area contributed by atoms with Crippen LogP contribution < -0.4 is 16.8 Å². The fraction of sp³-hybridized carbons (Fsp3) is 0.0526. The number of hydrogen-bond donors (Lipinski definition) is 3. The fourth-order valence-corrected chi connectivity index (χ4v) is 2.40. The number of carbonyl (C=O) groups excluding carboxylic acids is 1. The first kappa shape index (κ1) is 17.7. The van der Waals surface area contributed by atoms with E-state index in [1.165, 1.54) is 0 Å². The molecule has 1 amide bonds. The zero-order valence-corrected chi connectivity index (χ0v) is 14.2. The van der Waals surface area contributed by atoms with Crippen molar-refractivity contribution < 1.29 is 9.53 Å². The Morgan fingerprint density at radius 1 is 1.07 bits per heavy atom. The topological polar surface area (TPSA) is 140 Å². The SMILES string of the molecule is N#Cc1c(N)nc(N)nc1-c1ccc(NC(=O)OCc2ccccc2)cc1. The molecule has 0 saturated carbocycles. The first-order valence-electron chi connectivity index (χ1n) is 7.98. The van der Waals surface area contributed by atoms with Crippen LogP contribution in [0.1, 0.15) is 11.1 Å². The van der Waals surface area contributed by atoms with Crippen molar-refractivity contribution in [2.45, 2.75) is 6.61 Å². The number of nitrogens with one attached hydrogen (secondary N) is 1. The van der Waals surface area contributed by atoms with Crippen LogP contribution in [0.15, 0.2) is 54.6 Å². The lowest BCUT2D eigenvalue weighted by molar-refractivity contribution is 0.155. The number of aromatic nitrogens is 2. The van der Waals surface area contributed by atoms with Gasteiger partial charge in [0.2, 0.25) is 5.95 Å². The predicted molar refractivity (Wildman–Crippen MR) is 101 cm³/mol. The minimum absolute atomic E-state index is 0.0201. The number of nitriles is 1. The van der Waals surface area contributed by atoms with E-state index in [9.17, 15) is 10.1 Å². The molecule has 0 radical (unpaired) electrons. The lowest BCUT2D eigenvalue weighted by Gasteiger charge is -2.09. The van der Waals surface area contributed by atoms with Gasteiger partial charge in [0.15, 0.2) is 0 Å². The highest BCUT2D eigenvalue weighted by atomic mass is 16.5. The standard InChI is InChI=1S/C19H16N6O2/c20-10-15-16(24-18(22)25-17(15)21)13-6-8-14(9-7-13)23-19(26)27-11-12-4-2-1-3-5-12/h1-9H,11H2,(H,23,26)(H4,21,22,24,25). The van der Waals surface area contributed by atoms with Crippen LogP contribution in [0, 0.1) is 11.3 Å². The van der Waals surface area contributed by atoms with E-state index in [0.29, 0.717) is 16.9 Å². The van der Waals surface area contributed by atoms with Gasteiger partial charge in [0.25, 0.3) is 0 Å². The Labute approximate surface area is 155 Å². The molecule has 0 fully saturated rings. The van der Waals surface area contributed by atoms with E-state index in [4.69, 9.17) is 16.2 Å². The maximum absolute atomic E-state index is 11.9. The largest absolute Gasteiger partial charge is 0.444 e. The van der Waals surface area contributed by atoms with Gasteiger partial charge in [0.05, 0.1) is 5.69 Å². The van der Waals surface area contributed by atoms with E-state index < -0.39 is 6.09 Å². The smallest absolute Gasteiger partial charge is 0.411 e. The number of ether oxygens (including phenoxy) is 1. The van der Waals surface area contributed by atoms with E-state index in [2.05, 4.69) is 15.3 Å². The maximum Gasteiger partial charge on any atom is 0.411 e. The molecule has 5 N–H and O–H groups in total. The van der Waals surface area contributed by atoms with Crippen LogP contribution in [-0.4, -0.2) is 16.1 Å². The predicted octanol–water partition coefficient (Wildman–Crippen LogP) is 2.93. The molecule has 27 heavy (non-hydrogen) atoms. The van der Waals surface area contributed by atoms with Crippen LogP contribution in [0.2, 0.25) is 0 Å². The molecule has 3 rings (SSSR count). The Balaban J connectivity index is 1.69. The first-order chi connectivity index (χ1) is 13.1. The third kappa shape index (κ3) is 4.29. The molecule has 8 heteroatoms. The average Bonchev–Trinajstić information content (AvgIpc) is 2.67. The molecule has 0 aliphatic carbocycles. The van der Waals surface area contributed by atoms with E-state index in [1.54, 1.807) is 24.3 Å². The van der Waals surface area contributed by atoms with Gasteiger partial charge in [-0.05, 0) is 17.7 Å². The van der Waals surface area contributed by atoms with Gasteiger partial charge in [-0.15, -0.1) is 0 Å². The van der Waals surface area contributed by atoms with Crippen LogP contribution in [0.4, 0.5) is 22.2 Å². The van der Waals surface area contributed by atoms with Gasteiger partial charge in [0, 0.05) is 11.3 Å². The molecule has 1 aromatic heterocycles. The monoisotopic (exact) mass is 360 g/mol. The Hall–Kier alpha value is -4.12. The van der Waals surface area contributed by atoms with Gasteiger partial charge in [-0.1, -0.05) is 42.5 Å². The number of anilines is 3. The van der Waals surface area contributed by atoms with Crippen molar-refractivity contribution in [1.82, 2.24) is 9.97 Å². The summed E-state index contributed by atoms with van der Waals surface area (Å²) < 4.78 is 5.17. The van der Waals surface area contributed by atoms with Crippen molar-refractivity contribution in [1.29, 1.82) is 5.26 Å². The number of carbonyl (C=O) groups is 1. The van der Waals surface area contributed by atoms with Crippen LogP contribution in [0.25, 0.3) is 11.3 Å².